The summed E-state index contributed by atoms with van der Waals surface area (Å²) in [5, 5.41) is 5.77. The summed E-state index contributed by atoms with van der Waals surface area (Å²) in [6, 6.07) is 11.7. The Bertz CT molecular complexity index is 892. The fourth-order valence-corrected chi connectivity index (χ4v) is 2.18. The van der Waals surface area contributed by atoms with Gasteiger partial charge in [-0.2, -0.15) is 0 Å². The van der Waals surface area contributed by atoms with Crippen LogP contribution in [-0.2, 0) is 11.3 Å². The molecule has 1 amide bonds. The summed E-state index contributed by atoms with van der Waals surface area (Å²) < 4.78 is 9.82. The average molecular weight is 352 g/mol. The summed E-state index contributed by atoms with van der Waals surface area (Å²) >= 11 is 0. The van der Waals surface area contributed by atoms with Crippen LogP contribution in [0.2, 0.25) is 0 Å². The number of hydrogen-bond acceptors (Lipinski definition) is 7. The van der Waals surface area contributed by atoms with Crippen LogP contribution < -0.4 is 10.6 Å². The van der Waals surface area contributed by atoms with Crippen molar-refractivity contribution in [2.24, 2.45) is 0 Å². The van der Waals surface area contributed by atoms with Gasteiger partial charge in [0.15, 0.2) is 0 Å². The number of carbonyl (C=O) groups excluding carboxylic acids is 2. The summed E-state index contributed by atoms with van der Waals surface area (Å²) in [6.45, 7) is 0.271. The van der Waals surface area contributed by atoms with Crippen molar-refractivity contribution in [3.8, 4) is 0 Å². The minimum atomic E-state index is -0.408. The molecule has 0 unspecified atom stereocenters. The first kappa shape index (κ1) is 17.2. The van der Waals surface area contributed by atoms with Crippen LogP contribution in [0.3, 0.4) is 0 Å². The second-order valence-corrected chi connectivity index (χ2v) is 5.24. The van der Waals surface area contributed by atoms with E-state index in [1.165, 1.54) is 19.5 Å². The Balaban J connectivity index is 1.65. The molecule has 3 rings (SSSR count). The van der Waals surface area contributed by atoms with Crippen molar-refractivity contribution >= 4 is 23.4 Å². The third kappa shape index (κ3) is 4.23. The number of carbonyl (C=O) groups is 2. The fraction of sp³-hybridized carbons (Fsp3) is 0.111. The van der Waals surface area contributed by atoms with Gasteiger partial charge in [-0.3, -0.25) is 4.79 Å². The number of nitrogens with one attached hydrogen (secondary N) is 2. The van der Waals surface area contributed by atoms with E-state index in [1.807, 2.05) is 0 Å². The molecule has 0 aliphatic rings. The monoisotopic (exact) mass is 352 g/mol. The maximum atomic E-state index is 12.2. The minimum absolute atomic E-state index is 0.222. The van der Waals surface area contributed by atoms with Gasteiger partial charge in [0.1, 0.15) is 23.6 Å². The number of rotatable bonds is 6. The number of esters is 1. The number of amides is 1. The van der Waals surface area contributed by atoms with E-state index in [0.29, 0.717) is 22.8 Å². The van der Waals surface area contributed by atoms with Crippen molar-refractivity contribution in [3.05, 3.63) is 72.1 Å². The second kappa shape index (κ2) is 7.93. The molecule has 26 heavy (non-hydrogen) atoms. The van der Waals surface area contributed by atoms with Crippen LogP contribution in [0.5, 0.6) is 0 Å². The predicted octanol–water partition coefficient (Wildman–Crippen LogP) is 2.53. The maximum absolute atomic E-state index is 12.2. The summed E-state index contributed by atoms with van der Waals surface area (Å²) in [5.74, 6) is 0.354. The molecule has 0 bridgehead atoms. The molecule has 0 saturated heterocycles. The van der Waals surface area contributed by atoms with Crippen LogP contribution in [0.1, 0.15) is 26.6 Å². The van der Waals surface area contributed by atoms with Crippen LogP contribution in [0.25, 0.3) is 0 Å². The zero-order chi connectivity index (χ0) is 18.4. The number of hydrogen-bond donors (Lipinski definition) is 2. The van der Waals surface area contributed by atoms with Crippen molar-refractivity contribution in [1.82, 2.24) is 15.3 Å². The smallest absolute Gasteiger partial charge is 0.337 e. The molecular weight excluding hydrogens is 336 g/mol. The quantitative estimate of drug-likeness (QED) is 0.657. The maximum Gasteiger partial charge on any atom is 0.337 e. The molecule has 3 aromatic rings. The lowest BCUT2D eigenvalue weighted by atomic mass is 10.2. The highest BCUT2D eigenvalue weighted by Crippen LogP contribution is 2.16. The minimum Gasteiger partial charge on any atom is -0.467 e. The van der Waals surface area contributed by atoms with Crippen LogP contribution in [0.15, 0.2) is 59.5 Å². The Morgan fingerprint density at radius 1 is 1.15 bits per heavy atom. The lowest BCUT2D eigenvalue weighted by Gasteiger charge is -2.08. The third-order valence-corrected chi connectivity index (χ3v) is 3.48. The molecule has 0 aliphatic carbocycles. The number of aromatic nitrogens is 2. The van der Waals surface area contributed by atoms with Gasteiger partial charge in [-0.15, -0.1) is 0 Å². The molecule has 2 aromatic heterocycles. The van der Waals surface area contributed by atoms with Gasteiger partial charge in [0.25, 0.3) is 5.91 Å². The Hall–Kier alpha value is -3.68. The number of nitrogens with zero attached hydrogens (tertiary/aromatic N) is 2. The first-order valence-electron chi connectivity index (χ1n) is 7.74. The van der Waals surface area contributed by atoms with E-state index in [2.05, 4.69) is 25.3 Å². The highest BCUT2D eigenvalue weighted by molar-refractivity contribution is 5.93. The van der Waals surface area contributed by atoms with Gasteiger partial charge in [0.05, 0.1) is 25.5 Å². The van der Waals surface area contributed by atoms with E-state index in [4.69, 9.17) is 4.42 Å². The molecule has 1 aromatic carbocycles. The molecule has 0 fully saturated rings. The molecule has 0 atom stereocenters. The van der Waals surface area contributed by atoms with Crippen LogP contribution >= 0.6 is 0 Å². The zero-order valence-corrected chi connectivity index (χ0v) is 13.9. The Kier molecular flexibility index (Phi) is 5.23. The SMILES string of the molecule is COC(=O)c1ccc(Nc2cc(C(=O)NCc3ccco3)ncn2)cc1. The Morgan fingerprint density at radius 3 is 2.65 bits per heavy atom. The topological polar surface area (TPSA) is 106 Å². The summed E-state index contributed by atoms with van der Waals surface area (Å²) in [5.41, 5.74) is 1.37. The normalized spacial score (nSPS) is 10.2. The van der Waals surface area contributed by atoms with E-state index in [-0.39, 0.29) is 18.1 Å². The van der Waals surface area contributed by atoms with E-state index in [1.54, 1.807) is 42.7 Å². The van der Waals surface area contributed by atoms with Crippen molar-refractivity contribution in [2.75, 3.05) is 12.4 Å². The van der Waals surface area contributed by atoms with Crippen molar-refractivity contribution in [3.63, 3.8) is 0 Å². The van der Waals surface area contributed by atoms with E-state index in [9.17, 15) is 9.59 Å². The molecule has 0 spiro atoms. The third-order valence-electron chi connectivity index (χ3n) is 3.48. The van der Waals surface area contributed by atoms with Gasteiger partial charge in [0, 0.05) is 11.8 Å². The first-order valence-corrected chi connectivity index (χ1v) is 7.74. The van der Waals surface area contributed by atoms with Gasteiger partial charge in [-0.1, -0.05) is 0 Å². The van der Waals surface area contributed by atoms with Crippen LogP contribution in [0.4, 0.5) is 11.5 Å². The van der Waals surface area contributed by atoms with E-state index >= 15 is 0 Å². The summed E-state index contributed by atoms with van der Waals surface area (Å²) in [6.07, 6.45) is 2.84. The Morgan fingerprint density at radius 2 is 1.96 bits per heavy atom. The largest absolute Gasteiger partial charge is 0.467 e. The number of ether oxygens (including phenoxy) is 1. The highest BCUT2D eigenvalue weighted by Gasteiger charge is 2.10. The molecule has 132 valence electrons. The molecule has 2 N–H and O–H groups in total. The number of methoxy groups -OCH3 is 1. The van der Waals surface area contributed by atoms with E-state index in [0.717, 1.165) is 0 Å². The number of furan rings is 1. The Labute approximate surface area is 149 Å². The first-order chi connectivity index (χ1) is 12.7. The molecule has 8 heteroatoms. The zero-order valence-electron chi connectivity index (χ0n) is 13.9. The van der Waals surface area contributed by atoms with Gasteiger partial charge in [-0.05, 0) is 36.4 Å². The second-order valence-electron chi connectivity index (χ2n) is 5.24. The molecular formula is C18H16N4O4. The lowest BCUT2D eigenvalue weighted by Crippen LogP contribution is -2.23. The predicted molar refractivity (Wildman–Crippen MR) is 93.0 cm³/mol. The molecule has 8 nitrogen and oxygen atoms in total. The van der Waals surface area contributed by atoms with Gasteiger partial charge in [-0.25, -0.2) is 14.8 Å². The highest BCUT2D eigenvalue weighted by atomic mass is 16.5. The van der Waals surface area contributed by atoms with Crippen LogP contribution in [0, 0.1) is 0 Å². The van der Waals surface area contributed by atoms with Gasteiger partial charge < -0.3 is 19.8 Å². The molecule has 0 aliphatic heterocycles. The molecule has 0 radical (unpaired) electrons. The van der Waals surface area contributed by atoms with E-state index < -0.39 is 5.97 Å². The average Bonchev–Trinajstić information content (AvgIpc) is 3.20. The van der Waals surface area contributed by atoms with Crippen molar-refractivity contribution in [2.45, 2.75) is 6.54 Å². The lowest BCUT2D eigenvalue weighted by molar-refractivity contribution is 0.0600. The number of benzene rings is 1. The van der Waals surface area contributed by atoms with Gasteiger partial charge in [0.2, 0.25) is 0 Å². The number of anilines is 2. The summed E-state index contributed by atoms with van der Waals surface area (Å²) in [4.78, 5) is 31.7. The standard InChI is InChI=1S/C18H16N4O4/c1-25-18(24)12-4-6-13(7-5-12)22-16-9-15(20-11-21-16)17(23)19-10-14-3-2-8-26-14/h2-9,11H,10H2,1H3,(H,19,23)(H,20,21,22). The fourth-order valence-electron chi connectivity index (χ4n) is 2.18. The van der Waals surface area contributed by atoms with Gasteiger partial charge >= 0.3 is 5.97 Å². The van der Waals surface area contributed by atoms with Crippen molar-refractivity contribution < 1.29 is 18.7 Å². The molecule has 0 saturated carbocycles. The molecule has 2 heterocycles. The summed E-state index contributed by atoms with van der Waals surface area (Å²) in [7, 11) is 1.33. The van der Waals surface area contributed by atoms with Crippen LogP contribution in [-0.4, -0.2) is 29.0 Å². The van der Waals surface area contributed by atoms with Crippen molar-refractivity contribution in [1.29, 1.82) is 0 Å².